The van der Waals surface area contributed by atoms with Crippen molar-refractivity contribution < 1.29 is 23.5 Å². The van der Waals surface area contributed by atoms with Crippen LogP contribution in [0.1, 0.15) is 26.5 Å². The van der Waals surface area contributed by atoms with Gasteiger partial charge in [-0.05, 0) is 48.9 Å². The molecule has 0 bridgehead atoms. The van der Waals surface area contributed by atoms with Crippen molar-refractivity contribution >= 4 is 35.5 Å². The van der Waals surface area contributed by atoms with E-state index in [9.17, 15) is 14.4 Å². The molecule has 0 atom stereocenters. The van der Waals surface area contributed by atoms with E-state index in [2.05, 4.69) is 5.32 Å². The zero-order chi connectivity index (χ0) is 20.1. The summed E-state index contributed by atoms with van der Waals surface area (Å²) in [5.41, 5.74) is 2.40. The molecule has 0 fully saturated rings. The van der Waals surface area contributed by atoms with E-state index in [1.54, 1.807) is 54.6 Å². The normalized spacial score (nSPS) is 10.4. The van der Waals surface area contributed by atoms with Gasteiger partial charge in [0, 0.05) is 16.3 Å². The van der Waals surface area contributed by atoms with Gasteiger partial charge in [-0.1, -0.05) is 29.8 Å². The monoisotopic (exact) mass is 397 g/mol. The molecule has 0 radical (unpaired) electrons. The first-order valence-corrected chi connectivity index (χ1v) is 8.72. The van der Waals surface area contributed by atoms with Gasteiger partial charge < -0.3 is 14.5 Å². The van der Waals surface area contributed by atoms with E-state index in [0.717, 1.165) is 5.56 Å². The number of esters is 1. The Morgan fingerprint density at radius 2 is 1.86 bits per heavy atom. The van der Waals surface area contributed by atoms with Gasteiger partial charge in [-0.15, -0.1) is 0 Å². The van der Waals surface area contributed by atoms with Gasteiger partial charge in [-0.3, -0.25) is 9.59 Å². The van der Waals surface area contributed by atoms with Crippen LogP contribution in [0.5, 0.6) is 0 Å². The van der Waals surface area contributed by atoms with Crippen LogP contribution in [0.15, 0.2) is 59.0 Å². The lowest BCUT2D eigenvalue weighted by atomic mass is 10.1. The fraction of sp³-hybridized carbons (Fsp3) is 0.0952. The summed E-state index contributed by atoms with van der Waals surface area (Å²) < 4.78 is 10.4. The predicted octanol–water partition coefficient (Wildman–Crippen LogP) is 4.52. The minimum absolute atomic E-state index is 0.222. The highest BCUT2D eigenvalue weighted by molar-refractivity contribution is 6.31. The second kappa shape index (κ2) is 8.54. The van der Waals surface area contributed by atoms with Crippen molar-refractivity contribution in [3.05, 3.63) is 76.5 Å². The molecule has 0 saturated carbocycles. The van der Waals surface area contributed by atoms with Gasteiger partial charge >= 0.3 is 5.97 Å². The van der Waals surface area contributed by atoms with E-state index >= 15 is 0 Å². The summed E-state index contributed by atoms with van der Waals surface area (Å²) in [6.07, 6.45) is 0.616. The number of nitrogens with one attached hydrogen (secondary N) is 1. The summed E-state index contributed by atoms with van der Waals surface area (Å²) in [7, 11) is 0. The van der Waals surface area contributed by atoms with E-state index in [1.165, 1.54) is 0 Å². The first-order valence-electron chi connectivity index (χ1n) is 8.35. The molecule has 1 heterocycles. The summed E-state index contributed by atoms with van der Waals surface area (Å²) in [5.74, 6) is -0.359. The molecule has 0 unspecified atom stereocenters. The first-order chi connectivity index (χ1) is 13.5. The fourth-order valence-corrected chi connectivity index (χ4v) is 2.64. The number of carbonyl (C=O) groups excluding carboxylic acids is 3. The molecule has 3 aromatic rings. The number of furan rings is 1. The van der Waals surface area contributed by atoms with Crippen LogP contribution in [0.2, 0.25) is 5.02 Å². The molecular formula is C21H16ClNO5. The molecule has 0 aliphatic carbocycles. The molecule has 142 valence electrons. The third-order valence-corrected chi connectivity index (χ3v) is 4.19. The van der Waals surface area contributed by atoms with Crippen LogP contribution in [-0.2, 0) is 9.53 Å². The van der Waals surface area contributed by atoms with Crippen molar-refractivity contribution in [2.24, 2.45) is 0 Å². The van der Waals surface area contributed by atoms with Gasteiger partial charge in [0.15, 0.2) is 18.7 Å². The highest BCUT2D eigenvalue weighted by Crippen LogP contribution is 2.22. The average molecular weight is 398 g/mol. The topological polar surface area (TPSA) is 85.6 Å². The van der Waals surface area contributed by atoms with Crippen LogP contribution in [0, 0.1) is 6.92 Å². The second-order valence-electron chi connectivity index (χ2n) is 5.98. The molecule has 1 N–H and O–H groups in total. The van der Waals surface area contributed by atoms with Crippen molar-refractivity contribution in [2.45, 2.75) is 6.92 Å². The van der Waals surface area contributed by atoms with Gasteiger partial charge in [0.05, 0.1) is 5.56 Å². The van der Waals surface area contributed by atoms with Gasteiger partial charge in [0.25, 0.3) is 5.91 Å². The zero-order valence-corrected chi connectivity index (χ0v) is 15.7. The number of amides is 1. The summed E-state index contributed by atoms with van der Waals surface area (Å²) in [4.78, 5) is 34.8. The minimum Gasteiger partial charge on any atom is -0.453 e. The van der Waals surface area contributed by atoms with E-state index in [0.29, 0.717) is 28.3 Å². The molecule has 0 spiro atoms. The molecule has 7 heteroatoms. The number of aryl methyl sites for hydroxylation is 1. The van der Waals surface area contributed by atoms with Crippen LogP contribution < -0.4 is 5.32 Å². The SMILES string of the molecule is Cc1ccc(Cl)cc1NC(=O)COC(=O)c1ccc(-c2ccc(C=O)o2)cc1. The van der Waals surface area contributed by atoms with Crippen LogP contribution in [-0.4, -0.2) is 24.8 Å². The van der Waals surface area contributed by atoms with Crippen LogP contribution in [0.4, 0.5) is 5.69 Å². The average Bonchev–Trinajstić information content (AvgIpc) is 3.18. The van der Waals surface area contributed by atoms with E-state index < -0.39 is 18.5 Å². The standard InChI is InChI=1S/C21H16ClNO5/c1-13-2-7-16(22)10-18(13)23-20(25)12-27-21(26)15-5-3-14(4-6-15)19-9-8-17(11-24)28-19/h2-11H,12H2,1H3,(H,23,25). The first kappa shape index (κ1) is 19.4. The molecule has 1 aromatic heterocycles. The Morgan fingerprint density at radius 3 is 2.54 bits per heavy atom. The van der Waals surface area contributed by atoms with E-state index in [-0.39, 0.29) is 11.3 Å². The predicted molar refractivity (Wildman–Crippen MR) is 105 cm³/mol. The largest absolute Gasteiger partial charge is 0.453 e. The van der Waals surface area contributed by atoms with Crippen molar-refractivity contribution in [1.29, 1.82) is 0 Å². The summed E-state index contributed by atoms with van der Waals surface area (Å²) in [5, 5.41) is 3.15. The summed E-state index contributed by atoms with van der Waals surface area (Å²) in [6.45, 7) is 1.41. The molecule has 28 heavy (non-hydrogen) atoms. The highest BCUT2D eigenvalue weighted by Gasteiger charge is 2.12. The van der Waals surface area contributed by atoms with Crippen molar-refractivity contribution in [1.82, 2.24) is 0 Å². The quantitative estimate of drug-likeness (QED) is 0.488. The van der Waals surface area contributed by atoms with E-state index in [4.69, 9.17) is 20.8 Å². The maximum atomic E-state index is 12.1. The van der Waals surface area contributed by atoms with Crippen molar-refractivity contribution in [3.63, 3.8) is 0 Å². The summed E-state index contributed by atoms with van der Waals surface area (Å²) >= 11 is 5.91. The zero-order valence-electron chi connectivity index (χ0n) is 14.9. The van der Waals surface area contributed by atoms with E-state index in [1.807, 2.05) is 6.92 Å². The Balaban J connectivity index is 1.57. The van der Waals surface area contributed by atoms with Crippen LogP contribution >= 0.6 is 11.6 Å². The number of ether oxygens (including phenoxy) is 1. The Morgan fingerprint density at radius 1 is 1.11 bits per heavy atom. The van der Waals surface area contributed by atoms with Crippen LogP contribution in [0.25, 0.3) is 11.3 Å². The minimum atomic E-state index is -0.627. The lowest BCUT2D eigenvalue weighted by Gasteiger charge is -2.09. The van der Waals surface area contributed by atoms with Crippen molar-refractivity contribution in [2.75, 3.05) is 11.9 Å². The Labute approximate surface area is 166 Å². The lowest BCUT2D eigenvalue weighted by molar-refractivity contribution is -0.119. The molecule has 0 aliphatic heterocycles. The molecule has 1 amide bonds. The third kappa shape index (κ3) is 4.66. The molecule has 0 aliphatic rings. The van der Waals surface area contributed by atoms with Crippen LogP contribution in [0.3, 0.4) is 0 Å². The molecule has 6 nitrogen and oxygen atoms in total. The van der Waals surface area contributed by atoms with Gasteiger partial charge in [-0.2, -0.15) is 0 Å². The maximum Gasteiger partial charge on any atom is 0.338 e. The number of carbonyl (C=O) groups is 3. The smallest absolute Gasteiger partial charge is 0.338 e. The Hall–Kier alpha value is -3.38. The lowest BCUT2D eigenvalue weighted by Crippen LogP contribution is -2.21. The number of aldehydes is 1. The number of benzene rings is 2. The maximum absolute atomic E-state index is 12.1. The Bertz CT molecular complexity index is 1020. The summed E-state index contributed by atoms with van der Waals surface area (Å²) in [6, 6.07) is 14.8. The van der Waals surface area contributed by atoms with Gasteiger partial charge in [-0.25, -0.2) is 4.79 Å². The van der Waals surface area contributed by atoms with Gasteiger partial charge in [0.2, 0.25) is 0 Å². The second-order valence-corrected chi connectivity index (χ2v) is 6.42. The third-order valence-electron chi connectivity index (χ3n) is 3.96. The van der Waals surface area contributed by atoms with Crippen molar-refractivity contribution in [3.8, 4) is 11.3 Å². The number of halogens is 1. The Kier molecular flexibility index (Phi) is 5.91. The highest BCUT2D eigenvalue weighted by atomic mass is 35.5. The molecule has 2 aromatic carbocycles. The van der Waals surface area contributed by atoms with Gasteiger partial charge in [0.1, 0.15) is 5.76 Å². The number of anilines is 1. The molecule has 3 rings (SSSR count). The fourth-order valence-electron chi connectivity index (χ4n) is 2.47. The molecule has 0 saturated heterocycles. The number of hydrogen-bond donors (Lipinski definition) is 1. The number of hydrogen-bond acceptors (Lipinski definition) is 5. The molecular weight excluding hydrogens is 382 g/mol. The number of rotatable bonds is 6.